The molecule has 0 unspecified atom stereocenters. The molecular weight excluding hydrogens is 218 g/mol. The second-order valence-corrected chi connectivity index (χ2v) is 3.93. The zero-order valence-corrected chi connectivity index (χ0v) is 9.72. The van der Waals surface area contributed by atoms with Crippen LogP contribution in [-0.2, 0) is 9.53 Å². The van der Waals surface area contributed by atoms with Gasteiger partial charge in [0.25, 0.3) is 0 Å². The average molecular weight is 234 g/mol. The molecule has 0 N–H and O–H groups in total. The predicted molar refractivity (Wildman–Crippen MR) is 64.0 cm³/mol. The average Bonchev–Trinajstić information content (AvgIpc) is 2.41. The lowest BCUT2D eigenvalue weighted by molar-refractivity contribution is 0.0322. The summed E-state index contributed by atoms with van der Waals surface area (Å²) in [5.74, 6) is 0.789. The van der Waals surface area contributed by atoms with Gasteiger partial charge in [0.2, 0.25) is 6.29 Å². The first-order valence-corrected chi connectivity index (χ1v) is 5.79. The van der Waals surface area contributed by atoms with Crippen LogP contribution in [0.25, 0.3) is 0 Å². The van der Waals surface area contributed by atoms with Crippen molar-refractivity contribution in [2.24, 2.45) is 0 Å². The van der Waals surface area contributed by atoms with Crippen LogP contribution < -0.4 is 4.74 Å². The minimum absolute atomic E-state index is 0.547. The maximum atomic E-state index is 10.4. The van der Waals surface area contributed by atoms with E-state index < -0.39 is 0 Å². The summed E-state index contributed by atoms with van der Waals surface area (Å²) in [7, 11) is 0. The second kappa shape index (κ2) is 6.37. The van der Waals surface area contributed by atoms with Crippen molar-refractivity contribution in [3.8, 4) is 5.75 Å². The molecule has 0 saturated carbocycles. The molecule has 1 saturated heterocycles. The summed E-state index contributed by atoms with van der Waals surface area (Å²) in [6, 6.07) is 6.99. The Bertz CT molecular complexity index is 344. The highest BCUT2D eigenvalue weighted by molar-refractivity contribution is 5.75. The molecule has 4 heteroatoms. The van der Waals surface area contributed by atoms with Crippen LogP contribution in [0.3, 0.4) is 0 Å². The largest absolute Gasteiger partial charge is 0.492 e. The Kier molecular flexibility index (Phi) is 4.53. The van der Waals surface area contributed by atoms with Gasteiger partial charge in [-0.15, -0.1) is 0 Å². The maximum Gasteiger partial charge on any atom is 0.233 e. The van der Waals surface area contributed by atoms with Crippen LogP contribution in [0.15, 0.2) is 24.3 Å². The summed E-state index contributed by atoms with van der Waals surface area (Å²) < 4.78 is 10.9. The smallest absolute Gasteiger partial charge is 0.233 e. The van der Waals surface area contributed by atoms with Crippen molar-refractivity contribution in [2.75, 3.05) is 39.5 Å². The Morgan fingerprint density at radius 3 is 2.59 bits per heavy atom. The Morgan fingerprint density at radius 1 is 1.24 bits per heavy atom. The van der Waals surface area contributed by atoms with Gasteiger partial charge in [-0.05, 0) is 24.3 Å². The molecule has 0 atom stereocenters. The fourth-order valence-electron chi connectivity index (χ4n) is 1.74. The van der Waals surface area contributed by atoms with Crippen LogP contribution in [-0.4, -0.2) is 50.6 Å². The molecule has 0 aliphatic carbocycles. The van der Waals surface area contributed by atoms with E-state index >= 15 is 0 Å². The van der Waals surface area contributed by atoms with Crippen LogP contribution in [0, 0.1) is 0 Å². The molecule has 17 heavy (non-hydrogen) atoms. The molecule has 0 aromatic heterocycles. The van der Waals surface area contributed by atoms with Crippen LogP contribution in [0.4, 0.5) is 0 Å². The highest BCUT2D eigenvalue weighted by Gasteiger charge is 2.09. The molecule has 2 rings (SSSR count). The van der Waals surface area contributed by atoms with Crippen LogP contribution in [0.5, 0.6) is 5.75 Å². The molecule has 1 aromatic rings. The Balaban J connectivity index is 1.71. The van der Waals surface area contributed by atoms with E-state index in [9.17, 15) is 4.79 Å². The van der Waals surface area contributed by atoms with Crippen molar-refractivity contribution in [1.29, 1.82) is 0 Å². The topological polar surface area (TPSA) is 38.8 Å². The fourth-order valence-corrected chi connectivity index (χ4v) is 1.74. The fraction of sp³-hybridized carbons (Fsp3) is 0.462. The number of morpholine rings is 1. The van der Waals surface area contributed by atoms with Gasteiger partial charge >= 0.3 is 0 Å². The van der Waals surface area contributed by atoms with Gasteiger partial charge < -0.3 is 9.47 Å². The normalized spacial score (nSPS) is 16.7. The summed E-state index contributed by atoms with van der Waals surface area (Å²) in [5, 5.41) is 0. The molecule has 0 spiro atoms. The summed E-state index contributed by atoms with van der Waals surface area (Å²) >= 11 is 0. The van der Waals surface area contributed by atoms with E-state index in [4.69, 9.17) is 9.47 Å². The summed E-state index contributed by atoms with van der Waals surface area (Å²) in [5.41, 5.74) is 0.547. The molecule has 4 nitrogen and oxygen atoms in total. The SMILES string of the molecule is O=[C]c1ccc(OCCN2CCOCC2)cc1. The number of hydrogen-bond donors (Lipinski definition) is 0. The molecule has 0 bridgehead atoms. The first kappa shape index (κ1) is 12.1. The molecule has 1 aliphatic rings. The van der Waals surface area contributed by atoms with Gasteiger partial charge in [-0.3, -0.25) is 9.69 Å². The zero-order chi connectivity index (χ0) is 11.9. The molecule has 1 aromatic carbocycles. The molecule has 1 heterocycles. The minimum Gasteiger partial charge on any atom is -0.492 e. The molecule has 1 radical (unpaired) electrons. The maximum absolute atomic E-state index is 10.4. The third-order valence-electron chi connectivity index (χ3n) is 2.75. The lowest BCUT2D eigenvalue weighted by atomic mass is 10.2. The van der Waals surface area contributed by atoms with E-state index in [1.807, 2.05) is 6.29 Å². The van der Waals surface area contributed by atoms with Gasteiger partial charge in [-0.2, -0.15) is 0 Å². The van der Waals surface area contributed by atoms with Gasteiger partial charge in [0, 0.05) is 25.2 Å². The molecule has 0 amide bonds. The predicted octanol–water partition coefficient (Wildman–Crippen LogP) is 0.855. The first-order chi connectivity index (χ1) is 8.38. The number of hydrogen-bond acceptors (Lipinski definition) is 4. The monoisotopic (exact) mass is 234 g/mol. The van der Waals surface area contributed by atoms with Crippen molar-refractivity contribution < 1.29 is 14.3 Å². The third-order valence-corrected chi connectivity index (χ3v) is 2.75. The second-order valence-electron chi connectivity index (χ2n) is 3.93. The van der Waals surface area contributed by atoms with Gasteiger partial charge in [-0.25, -0.2) is 0 Å². The van der Waals surface area contributed by atoms with Crippen molar-refractivity contribution >= 4 is 6.29 Å². The van der Waals surface area contributed by atoms with Crippen molar-refractivity contribution in [2.45, 2.75) is 0 Å². The van der Waals surface area contributed by atoms with E-state index in [2.05, 4.69) is 4.90 Å². The Morgan fingerprint density at radius 2 is 1.94 bits per heavy atom. The van der Waals surface area contributed by atoms with Crippen molar-refractivity contribution in [1.82, 2.24) is 4.90 Å². The molecule has 1 aliphatic heterocycles. The summed E-state index contributed by atoms with van der Waals surface area (Å²) in [6.07, 6.45) is 1.83. The lowest BCUT2D eigenvalue weighted by Gasteiger charge is -2.26. The van der Waals surface area contributed by atoms with Crippen molar-refractivity contribution in [3.63, 3.8) is 0 Å². The quantitative estimate of drug-likeness (QED) is 0.757. The van der Waals surface area contributed by atoms with E-state index in [0.717, 1.165) is 38.6 Å². The van der Waals surface area contributed by atoms with Gasteiger partial charge in [0.15, 0.2) is 0 Å². The van der Waals surface area contributed by atoms with E-state index in [1.54, 1.807) is 24.3 Å². The number of carbonyl (C=O) groups excluding carboxylic acids is 1. The highest BCUT2D eigenvalue weighted by Crippen LogP contribution is 2.10. The standard InChI is InChI=1S/C13H16NO3/c15-11-12-1-3-13(4-2-12)17-10-7-14-5-8-16-9-6-14/h1-4H,5-10H2. The Hall–Kier alpha value is -1.39. The number of rotatable bonds is 5. The number of nitrogens with zero attached hydrogens (tertiary/aromatic N) is 1. The van der Waals surface area contributed by atoms with Gasteiger partial charge in [-0.1, -0.05) is 0 Å². The molecular formula is C13H16NO3. The van der Waals surface area contributed by atoms with Gasteiger partial charge in [0.05, 0.1) is 13.2 Å². The van der Waals surface area contributed by atoms with Crippen LogP contribution in [0.1, 0.15) is 5.56 Å². The van der Waals surface area contributed by atoms with Crippen LogP contribution in [0.2, 0.25) is 0 Å². The number of benzene rings is 1. The number of ether oxygens (including phenoxy) is 2. The molecule has 91 valence electrons. The first-order valence-electron chi connectivity index (χ1n) is 5.79. The van der Waals surface area contributed by atoms with E-state index in [-0.39, 0.29) is 0 Å². The Labute approximate surface area is 101 Å². The molecule has 1 fully saturated rings. The highest BCUT2D eigenvalue weighted by atomic mass is 16.5. The minimum atomic E-state index is 0.547. The zero-order valence-electron chi connectivity index (χ0n) is 9.72. The van der Waals surface area contributed by atoms with Crippen molar-refractivity contribution in [3.05, 3.63) is 29.8 Å². The van der Waals surface area contributed by atoms with E-state index in [1.165, 1.54) is 0 Å². The summed E-state index contributed by atoms with van der Waals surface area (Å²) in [4.78, 5) is 12.7. The lowest BCUT2D eigenvalue weighted by Crippen LogP contribution is -2.38. The van der Waals surface area contributed by atoms with Crippen LogP contribution >= 0.6 is 0 Å². The van der Waals surface area contributed by atoms with E-state index in [0.29, 0.717) is 12.2 Å². The summed E-state index contributed by atoms with van der Waals surface area (Å²) in [6.45, 7) is 5.13. The van der Waals surface area contributed by atoms with Gasteiger partial charge in [0.1, 0.15) is 12.4 Å². The third kappa shape index (κ3) is 3.84.